The summed E-state index contributed by atoms with van der Waals surface area (Å²) in [6.07, 6.45) is 10.5. The second-order valence-electron chi connectivity index (χ2n) is 9.38. The quantitative estimate of drug-likeness (QED) is 0.786. The van der Waals surface area contributed by atoms with Gasteiger partial charge in [0.15, 0.2) is 5.60 Å². The largest absolute Gasteiger partial charge is 0.450 e. The SMILES string of the molecule is Cc1ccc2[nH]cc(CCNC3CC4=CC(=O)OC45CC3N3CCCCC35)c2c1. The molecule has 5 heteroatoms. The van der Waals surface area contributed by atoms with Gasteiger partial charge in [-0.2, -0.15) is 0 Å². The summed E-state index contributed by atoms with van der Waals surface area (Å²) in [7, 11) is 0. The van der Waals surface area contributed by atoms with E-state index in [1.807, 2.05) is 0 Å². The lowest BCUT2D eigenvalue weighted by Gasteiger charge is -2.38. The van der Waals surface area contributed by atoms with Crippen molar-refractivity contribution in [2.45, 2.75) is 69.2 Å². The number of H-pyrrole nitrogens is 1. The number of aryl methyl sites for hydroxylation is 1. The van der Waals surface area contributed by atoms with Gasteiger partial charge in [0, 0.05) is 41.7 Å². The summed E-state index contributed by atoms with van der Waals surface area (Å²) in [6.45, 7) is 4.24. The Balaban J connectivity index is 1.21. The molecule has 1 spiro atoms. The van der Waals surface area contributed by atoms with E-state index in [0.29, 0.717) is 18.1 Å². The second-order valence-corrected chi connectivity index (χ2v) is 9.38. The van der Waals surface area contributed by atoms with E-state index in [1.54, 1.807) is 6.08 Å². The van der Waals surface area contributed by atoms with Crippen LogP contribution in [-0.2, 0) is 16.0 Å². The maximum absolute atomic E-state index is 12.2. The molecule has 4 unspecified atom stereocenters. The van der Waals surface area contributed by atoms with Gasteiger partial charge in [-0.05, 0) is 69.0 Å². The first-order valence-electron chi connectivity index (χ1n) is 11.1. The number of ether oxygens (including phenoxy) is 1. The monoisotopic (exact) mass is 391 g/mol. The minimum absolute atomic E-state index is 0.124. The molecule has 4 heterocycles. The lowest BCUT2D eigenvalue weighted by Crippen LogP contribution is -2.50. The zero-order chi connectivity index (χ0) is 19.6. The lowest BCUT2D eigenvalue weighted by molar-refractivity contribution is -0.148. The molecule has 6 rings (SSSR count). The topological polar surface area (TPSA) is 57.4 Å². The summed E-state index contributed by atoms with van der Waals surface area (Å²) < 4.78 is 5.98. The highest BCUT2D eigenvalue weighted by atomic mass is 16.6. The summed E-state index contributed by atoms with van der Waals surface area (Å²) in [5.41, 5.74) is 4.83. The van der Waals surface area contributed by atoms with Crippen LogP contribution in [0.5, 0.6) is 0 Å². The van der Waals surface area contributed by atoms with Gasteiger partial charge >= 0.3 is 5.97 Å². The van der Waals surface area contributed by atoms with E-state index in [-0.39, 0.29) is 11.6 Å². The number of piperidine rings is 1. The van der Waals surface area contributed by atoms with Crippen molar-refractivity contribution in [3.63, 3.8) is 0 Å². The van der Waals surface area contributed by atoms with Gasteiger partial charge < -0.3 is 15.0 Å². The highest BCUT2D eigenvalue weighted by Gasteiger charge is 2.63. The fourth-order valence-electron chi connectivity index (χ4n) is 6.49. The standard InChI is InChI=1S/C24H29N3O2/c1-15-5-6-19-18(10-15)16(14-26-19)7-8-25-20-11-17-12-23(28)29-24(17)13-21(20)27-9-3-2-4-22(24)27/h5-6,10,12,14,20-22,25-26H,2-4,7-9,11,13H2,1H3. The van der Waals surface area contributed by atoms with Crippen LogP contribution in [0.4, 0.5) is 0 Å². The Labute approximate surface area is 171 Å². The Hall–Kier alpha value is -2.11. The smallest absolute Gasteiger partial charge is 0.331 e. The number of aromatic amines is 1. The average molecular weight is 392 g/mol. The van der Waals surface area contributed by atoms with Crippen molar-refractivity contribution in [1.29, 1.82) is 0 Å². The summed E-state index contributed by atoms with van der Waals surface area (Å²) in [5, 5.41) is 5.20. The van der Waals surface area contributed by atoms with Crippen molar-refractivity contribution in [1.82, 2.24) is 15.2 Å². The molecule has 2 bridgehead atoms. The van der Waals surface area contributed by atoms with E-state index in [9.17, 15) is 4.79 Å². The minimum Gasteiger partial charge on any atom is -0.450 e. The number of carbonyl (C=O) groups excluding carboxylic acids is 1. The second kappa shape index (κ2) is 6.44. The van der Waals surface area contributed by atoms with Crippen LogP contribution in [0.2, 0.25) is 0 Å². The number of fused-ring (bicyclic) bond motifs is 4. The van der Waals surface area contributed by atoms with Crippen LogP contribution in [0.25, 0.3) is 10.9 Å². The molecule has 0 radical (unpaired) electrons. The highest BCUT2D eigenvalue weighted by molar-refractivity contribution is 5.87. The van der Waals surface area contributed by atoms with Crippen LogP contribution in [0, 0.1) is 6.92 Å². The highest BCUT2D eigenvalue weighted by Crippen LogP contribution is 2.53. The summed E-state index contributed by atoms with van der Waals surface area (Å²) in [6, 6.07) is 7.87. The van der Waals surface area contributed by atoms with E-state index in [0.717, 1.165) is 38.8 Å². The van der Waals surface area contributed by atoms with Gasteiger partial charge in [-0.15, -0.1) is 0 Å². The molecule has 1 aromatic heterocycles. The number of esters is 1. The number of aromatic nitrogens is 1. The first-order valence-corrected chi connectivity index (χ1v) is 11.1. The first-order chi connectivity index (χ1) is 14.1. The lowest BCUT2D eigenvalue weighted by atomic mass is 9.75. The van der Waals surface area contributed by atoms with Crippen LogP contribution in [0.15, 0.2) is 36.0 Å². The van der Waals surface area contributed by atoms with Crippen molar-refractivity contribution >= 4 is 16.9 Å². The van der Waals surface area contributed by atoms with E-state index >= 15 is 0 Å². The molecular formula is C24H29N3O2. The first kappa shape index (κ1) is 17.7. The number of benzene rings is 1. The Bertz CT molecular complexity index is 1010. The van der Waals surface area contributed by atoms with E-state index in [1.165, 1.54) is 40.4 Å². The predicted molar refractivity (Wildman–Crippen MR) is 113 cm³/mol. The molecule has 3 fully saturated rings. The molecule has 152 valence electrons. The van der Waals surface area contributed by atoms with Crippen molar-refractivity contribution in [2.75, 3.05) is 13.1 Å². The summed E-state index contributed by atoms with van der Waals surface area (Å²) in [4.78, 5) is 18.2. The molecule has 4 atom stereocenters. The molecular weight excluding hydrogens is 362 g/mol. The third-order valence-corrected chi connectivity index (χ3v) is 7.77. The molecule has 3 aliphatic heterocycles. The van der Waals surface area contributed by atoms with Gasteiger partial charge in [-0.3, -0.25) is 4.90 Å². The average Bonchev–Trinajstić information content (AvgIpc) is 3.35. The van der Waals surface area contributed by atoms with Gasteiger partial charge in [0.2, 0.25) is 0 Å². The zero-order valence-corrected chi connectivity index (χ0v) is 17.0. The molecule has 1 aliphatic carbocycles. The van der Waals surface area contributed by atoms with E-state index in [4.69, 9.17) is 4.74 Å². The molecule has 2 aromatic rings. The molecule has 2 N–H and O–H groups in total. The Morgan fingerprint density at radius 2 is 2.28 bits per heavy atom. The number of hydrogen-bond acceptors (Lipinski definition) is 4. The van der Waals surface area contributed by atoms with Gasteiger partial charge in [0.1, 0.15) is 0 Å². The van der Waals surface area contributed by atoms with E-state index < -0.39 is 0 Å². The van der Waals surface area contributed by atoms with Crippen LogP contribution in [0.1, 0.15) is 43.2 Å². The van der Waals surface area contributed by atoms with Crippen molar-refractivity contribution in [3.8, 4) is 0 Å². The van der Waals surface area contributed by atoms with Crippen LogP contribution < -0.4 is 5.32 Å². The molecule has 4 aliphatic rings. The number of nitrogens with one attached hydrogen (secondary N) is 2. The summed E-state index contributed by atoms with van der Waals surface area (Å²) >= 11 is 0. The maximum Gasteiger partial charge on any atom is 0.331 e. The molecule has 2 saturated heterocycles. The van der Waals surface area contributed by atoms with Gasteiger partial charge in [-0.25, -0.2) is 4.79 Å². The van der Waals surface area contributed by atoms with E-state index in [2.05, 4.69) is 46.5 Å². The molecule has 1 saturated carbocycles. The van der Waals surface area contributed by atoms with Crippen molar-refractivity contribution < 1.29 is 9.53 Å². The van der Waals surface area contributed by atoms with Crippen LogP contribution in [0.3, 0.4) is 0 Å². The Kier molecular flexibility index (Phi) is 3.94. The van der Waals surface area contributed by atoms with Crippen LogP contribution >= 0.6 is 0 Å². The summed E-state index contributed by atoms with van der Waals surface area (Å²) in [5.74, 6) is -0.124. The normalized spacial score (nSPS) is 33.5. The third kappa shape index (κ3) is 2.63. The van der Waals surface area contributed by atoms with Gasteiger partial charge in [-0.1, -0.05) is 18.1 Å². The Morgan fingerprint density at radius 3 is 3.21 bits per heavy atom. The predicted octanol–water partition coefficient (Wildman–Crippen LogP) is 3.23. The number of rotatable bonds is 4. The minimum atomic E-state index is -0.311. The number of nitrogens with zero attached hydrogens (tertiary/aromatic N) is 1. The molecule has 5 nitrogen and oxygen atoms in total. The number of carbonyl (C=O) groups is 1. The van der Waals surface area contributed by atoms with Gasteiger partial charge in [0.05, 0.1) is 6.04 Å². The van der Waals surface area contributed by atoms with Crippen molar-refractivity contribution in [2.24, 2.45) is 0 Å². The third-order valence-electron chi connectivity index (χ3n) is 7.77. The van der Waals surface area contributed by atoms with Gasteiger partial charge in [0.25, 0.3) is 0 Å². The van der Waals surface area contributed by atoms with Crippen molar-refractivity contribution in [3.05, 3.63) is 47.2 Å². The molecule has 0 amide bonds. The Morgan fingerprint density at radius 1 is 1.34 bits per heavy atom. The van der Waals surface area contributed by atoms with Crippen LogP contribution in [-0.4, -0.2) is 52.7 Å². The number of hydrogen-bond donors (Lipinski definition) is 2. The molecule has 1 aromatic carbocycles. The fraction of sp³-hybridized carbons (Fsp3) is 0.542. The molecule has 29 heavy (non-hydrogen) atoms. The maximum atomic E-state index is 12.2. The fourth-order valence-corrected chi connectivity index (χ4v) is 6.49. The zero-order valence-electron chi connectivity index (χ0n) is 17.0.